The van der Waals surface area contributed by atoms with Crippen LogP contribution in [0.15, 0.2) is 84.2 Å². The fourth-order valence-electron chi connectivity index (χ4n) is 3.54. The highest BCUT2D eigenvalue weighted by atomic mass is 32.1. The Morgan fingerprint density at radius 2 is 1.47 bits per heavy atom. The first kappa shape index (κ1) is 22.0. The molecular formula is C28H28N2OS. The zero-order valence-electron chi connectivity index (χ0n) is 18.8. The fourth-order valence-corrected chi connectivity index (χ4v) is 4.27. The van der Waals surface area contributed by atoms with E-state index in [4.69, 9.17) is 0 Å². The molecule has 3 nitrogen and oxygen atoms in total. The Balaban J connectivity index is 1.33. The van der Waals surface area contributed by atoms with Gasteiger partial charge in [-0.2, -0.15) is 0 Å². The molecule has 1 aromatic heterocycles. The molecule has 0 atom stereocenters. The molecule has 1 N–H and O–H groups in total. The molecule has 0 aliphatic rings. The number of benzene rings is 3. The van der Waals surface area contributed by atoms with Gasteiger partial charge in [0.2, 0.25) is 5.91 Å². The van der Waals surface area contributed by atoms with E-state index in [1.165, 1.54) is 33.6 Å². The van der Waals surface area contributed by atoms with E-state index in [-0.39, 0.29) is 11.3 Å². The van der Waals surface area contributed by atoms with Crippen LogP contribution in [0.3, 0.4) is 0 Å². The van der Waals surface area contributed by atoms with Crippen molar-refractivity contribution in [3.63, 3.8) is 0 Å². The van der Waals surface area contributed by atoms with Crippen LogP contribution < -0.4 is 5.32 Å². The van der Waals surface area contributed by atoms with E-state index in [2.05, 4.69) is 91.7 Å². The van der Waals surface area contributed by atoms with Crippen molar-refractivity contribution in [3.05, 3.63) is 95.4 Å². The lowest BCUT2D eigenvalue weighted by molar-refractivity contribution is -0.116. The molecule has 32 heavy (non-hydrogen) atoms. The highest BCUT2D eigenvalue weighted by Crippen LogP contribution is 2.28. The number of aryl methyl sites for hydroxylation is 1. The van der Waals surface area contributed by atoms with Crippen molar-refractivity contribution in [3.8, 4) is 22.4 Å². The van der Waals surface area contributed by atoms with Crippen molar-refractivity contribution < 1.29 is 4.79 Å². The second kappa shape index (κ2) is 9.49. The summed E-state index contributed by atoms with van der Waals surface area (Å²) in [7, 11) is 0. The molecule has 0 saturated carbocycles. The van der Waals surface area contributed by atoms with Gasteiger partial charge in [0.1, 0.15) is 0 Å². The molecule has 0 spiro atoms. The van der Waals surface area contributed by atoms with Gasteiger partial charge in [0.05, 0.1) is 5.69 Å². The molecule has 3 aromatic carbocycles. The molecule has 0 unspecified atom stereocenters. The van der Waals surface area contributed by atoms with Crippen molar-refractivity contribution in [1.82, 2.24) is 4.98 Å². The molecule has 162 valence electrons. The predicted molar refractivity (Wildman–Crippen MR) is 135 cm³/mol. The first-order valence-electron chi connectivity index (χ1n) is 10.9. The van der Waals surface area contributed by atoms with Crippen molar-refractivity contribution >= 4 is 22.4 Å². The van der Waals surface area contributed by atoms with Gasteiger partial charge in [0, 0.05) is 17.4 Å². The monoisotopic (exact) mass is 440 g/mol. The lowest BCUT2D eigenvalue weighted by atomic mass is 9.86. The first-order chi connectivity index (χ1) is 15.4. The predicted octanol–water partition coefficient (Wildman–Crippen LogP) is 7.35. The van der Waals surface area contributed by atoms with Crippen LogP contribution in [-0.4, -0.2) is 10.9 Å². The summed E-state index contributed by atoms with van der Waals surface area (Å²) in [4.78, 5) is 17.0. The zero-order valence-corrected chi connectivity index (χ0v) is 19.6. The van der Waals surface area contributed by atoms with Crippen molar-refractivity contribution in [2.45, 2.75) is 39.0 Å². The van der Waals surface area contributed by atoms with Gasteiger partial charge in [-0.05, 0) is 34.1 Å². The second-order valence-corrected chi connectivity index (χ2v) is 9.83. The lowest BCUT2D eigenvalue weighted by Crippen LogP contribution is -2.13. The molecule has 0 bridgehead atoms. The molecular weight excluding hydrogens is 412 g/mol. The maximum absolute atomic E-state index is 12.4. The molecule has 4 heteroatoms. The number of nitrogens with zero attached hydrogens (tertiary/aromatic N) is 1. The third-order valence-corrected chi connectivity index (χ3v) is 6.26. The Morgan fingerprint density at radius 1 is 0.844 bits per heavy atom. The number of aromatic nitrogens is 1. The molecule has 4 aromatic rings. The number of thiazole rings is 1. The summed E-state index contributed by atoms with van der Waals surface area (Å²) in [5, 5.41) is 5.57. The van der Waals surface area contributed by atoms with E-state index in [0.717, 1.165) is 17.7 Å². The number of carbonyl (C=O) groups excluding carboxylic acids is 1. The highest BCUT2D eigenvalue weighted by Gasteiger charge is 2.13. The SMILES string of the molecule is CC(C)(C)c1ccc(CCC(=O)Nc2nc(-c3ccc(-c4ccccc4)cc3)cs2)cc1. The summed E-state index contributed by atoms with van der Waals surface area (Å²) in [5.41, 5.74) is 6.90. The Hall–Kier alpha value is -3.24. The summed E-state index contributed by atoms with van der Waals surface area (Å²) >= 11 is 1.46. The van der Waals surface area contributed by atoms with E-state index in [1.54, 1.807) is 0 Å². The van der Waals surface area contributed by atoms with E-state index in [0.29, 0.717) is 11.6 Å². The topological polar surface area (TPSA) is 42.0 Å². The summed E-state index contributed by atoms with van der Waals surface area (Å²) in [6.45, 7) is 6.61. The highest BCUT2D eigenvalue weighted by molar-refractivity contribution is 7.14. The van der Waals surface area contributed by atoms with E-state index in [1.807, 2.05) is 23.6 Å². The van der Waals surface area contributed by atoms with E-state index in [9.17, 15) is 4.79 Å². The average molecular weight is 441 g/mol. The van der Waals surface area contributed by atoms with Gasteiger partial charge in [-0.1, -0.05) is 99.6 Å². The number of hydrogen-bond acceptors (Lipinski definition) is 3. The number of rotatable bonds is 6. The first-order valence-corrected chi connectivity index (χ1v) is 11.8. The van der Waals surface area contributed by atoms with Crippen LogP contribution >= 0.6 is 11.3 Å². The summed E-state index contributed by atoms with van der Waals surface area (Å²) in [5.74, 6) is -0.00905. The minimum atomic E-state index is -0.00905. The zero-order chi connectivity index (χ0) is 22.6. The number of hydrogen-bond donors (Lipinski definition) is 1. The Labute approximate surface area is 194 Å². The van der Waals surface area contributed by atoms with Crippen LogP contribution in [0, 0.1) is 0 Å². The molecule has 0 fully saturated rings. The van der Waals surface area contributed by atoms with Crippen molar-refractivity contribution in [2.24, 2.45) is 0 Å². The maximum Gasteiger partial charge on any atom is 0.226 e. The van der Waals surface area contributed by atoms with Crippen molar-refractivity contribution in [1.29, 1.82) is 0 Å². The summed E-state index contributed by atoms with van der Waals surface area (Å²) < 4.78 is 0. The van der Waals surface area contributed by atoms with E-state index < -0.39 is 0 Å². The van der Waals surface area contributed by atoms with E-state index >= 15 is 0 Å². The minimum Gasteiger partial charge on any atom is -0.302 e. The van der Waals surface area contributed by atoms with Crippen LogP contribution in [0.5, 0.6) is 0 Å². The standard InChI is InChI=1S/C28H28N2OS/c1-28(2,3)24-16-9-20(10-17-24)11-18-26(31)30-27-29-25(19-32-27)23-14-12-22(13-15-23)21-7-5-4-6-8-21/h4-10,12-17,19H,11,18H2,1-3H3,(H,29,30,31). The number of amides is 1. The van der Waals surface area contributed by atoms with Gasteiger partial charge in [-0.25, -0.2) is 4.98 Å². The molecule has 0 aliphatic carbocycles. The van der Waals surface area contributed by atoms with Gasteiger partial charge < -0.3 is 5.32 Å². The van der Waals surface area contributed by atoms with Gasteiger partial charge >= 0.3 is 0 Å². The molecule has 0 saturated heterocycles. The molecule has 1 amide bonds. The van der Waals surface area contributed by atoms with Crippen molar-refractivity contribution in [2.75, 3.05) is 5.32 Å². The molecule has 0 aliphatic heterocycles. The van der Waals surface area contributed by atoms with Gasteiger partial charge in [0.15, 0.2) is 5.13 Å². The third-order valence-electron chi connectivity index (χ3n) is 5.50. The Bertz CT molecular complexity index is 1170. The van der Waals surface area contributed by atoms with Crippen LogP contribution in [0.4, 0.5) is 5.13 Å². The fraction of sp³-hybridized carbons (Fsp3) is 0.214. The molecule has 1 heterocycles. The Morgan fingerprint density at radius 3 is 2.12 bits per heavy atom. The lowest BCUT2D eigenvalue weighted by Gasteiger charge is -2.19. The molecule has 0 radical (unpaired) electrons. The van der Waals surface area contributed by atoms with Crippen LogP contribution in [0.2, 0.25) is 0 Å². The van der Waals surface area contributed by atoms with Crippen LogP contribution in [0.1, 0.15) is 38.3 Å². The smallest absolute Gasteiger partial charge is 0.226 e. The van der Waals surface area contributed by atoms with Crippen LogP contribution in [0.25, 0.3) is 22.4 Å². The Kier molecular flexibility index (Phi) is 6.52. The van der Waals surface area contributed by atoms with Gasteiger partial charge in [-0.3, -0.25) is 4.79 Å². The van der Waals surface area contributed by atoms with Gasteiger partial charge in [-0.15, -0.1) is 11.3 Å². The van der Waals surface area contributed by atoms with Gasteiger partial charge in [0.25, 0.3) is 0 Å². The number of carbonyl (C=O) groups is 1. The largest absolute Gasteiger partial charge is 0.302 e. The number of nitrogens with one attached hydrogen (secondary N) is 1. The number of anilines is 1. The summed E-state index contributed by atoms with van der Waals surface area (Å²) in [6.07, 6.45) is 1.16. The third kappa shape index (κ3) is 5.51. The normalized spacial score (nSPS) is 11.3. The minimum absolute atomic E-state index is 0.00905. The average Bonchev–Trinajstić information content (AvgIpc) is 3.26. The molecule has 4 rings (SSSR count). The summed E-state index contributed by atoms with van der Waals surface area (Å²) in [6, 6.07) is 27.2. The maximum atomic E-state index is 12.4. The van der Waals surface area contributed by atoms with Crippen LogP contribution in [-0.2, 0) is 16.6 Å². The quantitative estimate of drug-likeness (QED) is 0.341. The second-order valence-electron chi connectivity index (χ2n) is 8.98.